The van der Waals surface area contributed by atoms with Crippen molar-refractivity contribution in [2.75, 3.05) is 6.54 Å². The molecule has 4 nitrogen and oxygen atoms in total. The lowest BCUT2D eigenvalue weighted by Gasteiger charge is -2.29. The van der Waals surface area contributed by atoms with Gasteiger partial charge >= 0.3 is 6.09 Å². The number of Topliss-reactive ketones (excluding diaryl/α,β-unsaturated/α-hetero) is 1. The molecule has 0 unspecified atom stereocenters. The highest BCUT2D eigenvalue weighted by atomic mass is 32.1. The zero-order valence-electron chi connectivity index (χ0n) is 11.8. The predicted octanol–water partition coefficient (Wildman–Crippen LogP) is 3.24. The molecule has 1 aliphatic rings. The number of ether oxygens (including phenoxy) is 1. The summed E-state index contributed by atoms with van der Waals surface area (Å²) < 4.78 is 5.37. The minimum atomic E-state index is -0.476. The van der Waals surface area contributed by atoms with Crippen LogP contribution in [0.25, 0.3) is 0 Å². The Kier molecular flexibility index (Phi) is 3.67. The number of carbonyl (C=O) groups is 2. The maximum atomic E-state index is 12.0. The van der Waals surface area contributed by atoms with Crippen molar-refractivity contribution in [3.63, 3.8) is 0 Å². The predicted molar refractivity (Wildman–Crippen MR) is 74.7 cm³/mol. The van der Waals surface area contributed by atoms with Crippen molar-refractivity contribution in [1.82, 2.24) is 4.90 Å². The summed E-state index contributed by atoms with van der Waals surface area (Å²) >= 11 is 1.54. The van der Waals surface area contributed by atoms with Gasteiger partial charge in [-0.2, -0.15) is 0 Å². The molecule has 5 heteroatoms. The molecular weight excluding hydrogens is 262 g/mol. The van der Waals surface area contributed by atoms with Gasteiger partial charge in [-0.1, -0.05) is 0 Å². The van der Waals surface area contributed by atoms with Crippen LogP contribution in [0.1, 0.15) is 47.8 Å². The number of fused-ring (bicyclic) bond motifs is 1. The largest absolute Gasteiger partial charge is 0.444 e. The Balaban J connectivity index is 2.09. The molecule has 0 bridgehead atoms. The van der Waals surface area contributed by atoms with E-state index in [0.717, 1.165) is 16.9 Å². The maximum Gasteiger partial charge on any atom is 0.410 e. The minimum absolute atomic E-state index is 0.0863. The highest BCUT2D eigenvalue weighted by Gasteiger charge is 2.27. The summed E-state index contributed by atoms with van der Waals surface area (Å²) in [5, 5.41) is 0. The van der Waals surface area contributed by atoms with E-state index in [1.165, 1.54) is 4.88 Å². The third-order valence-electron chi connectivity index (χ3n) is 2.87. The van der Waals surface area contributed by atoms with E-state index < -0.39 is 5.60 Å². The van der Waals surface area contributed by atoms with Crippen LogP contribution in [-0.2, 0) is 17.7 Å². The van der Waals surface area contributed by atoms with E-state index in [2.05, 4.69) is 0 Å². The molecule has 2 rings (SSSR count). The molecule has 0 spiro atoms. The van der Waals surface area contributed by atoms with Crippen LogP contribution < -0.4 is 0 Å². The van der Waals surface area contributed by atoms with Crippen LogP contribution in [0, 0.1) is 0 Å². The van der Waals surface area contributed by atoms with E-state index in [0.29, 0.717) is 13.1 Å². The first-order valence-electron chi connectivity index (χ1n) is 6.37. The smallest absolute Gasteiger partial charge is 0.410 e. The lowest BCUT2D eigenvalue weighted by molar-refractivity contribution is 0.0225. The molecule has 0 radical (unpaired) electrons. The molecule has 104 valence electrons. The fourth-order valence-electron chi connectivity index (χ4n) is 1.99. The molecule has 0 saturated heterocycles. The SMILES string of the molecule is CC(=O)c1cc2c(s1)CCN(C(=O)OC(C)(C)C)C2. The minimum Gasteiger partial charge on any atom is -0.444 e. The normalized spacial score (nSPS) is 15.1. The number of thiophene rings is 1. The summed E-state index contributed by atoms with van der Waals surface area (Å²) in [4.78, 5) is 27.1. The Morgan fingerprint density at radius 3 is 2.63 bits per heavy atom. The van der Waals surface area contributed by atoms with Gasteiger partial charge in [-0.3, -0.25) is 4.79 Å². The van der Waals surface area contributed by atoms with Crippen molar-refractivity contribution in [1.29, 1.82) is 0 Å². The van der Waals surface area contributed by atoms with Gasteiger partial charge in [0.05, 0.1) is 11.4 Å². The maximum absolute atomic E-state index is 12.0. The number of hydrogen-bond acceptors (Lipinski definition) is 4. The molecule has 1 aliphatic heterocycles. The monoisotopic (exact) mass is 281 g/mol. The Labute approximate surface area is 117 Å². The molecule has 1 amide bonds. The number of hydrogen-bond donors (Lipinski definition) is 0. The third-order valence-corrected chi connectivity index (χ3v) is 4.20. The Hall–Kier alpha value is -1.36. The molecule has 0 saturated carbocycles. The van der Waals surface area contributed by atoms with Gasteiger partial charge in [0, 0.05) is 11.4 Å². The summed E-state index contributed by atoms with van der Waals surface area (Å²) in [6.07, 6.45) is 0.515. The number of ketones is 1. The Morgan fingerprint density at radius 2 is 2.05 bits per heavy atom. The second-order valence-electron chi connectivity index (χ2n) is 5.77. The summed E-state index contributed by atoms with van der Waals surface area (Å²) in [6.45, 7) is 8.34. The van der Waals surface area contributed by atoms with Crippen molar-refractivity contribution < 1.29 is 14.3 Å². The first kappa shape index (κ1) is 14.1. The molecule has 2 heterocycles. The van der Waals surface area contributed by atoms with Crippen LogP contribution in [0.2, 0.25) is 0 Å². The van der Waals surface area contributed by atoms with Gasteiger partial charge in [-0.05, 0) is 45.7 Å². The van der Waals surface area contributed by atoms with Crippen molar-refractivity contribution in [3.05, 3.63) is 21.4 Å². The standard InChI is InChI=1S/C14H19NO3S/c1-9(16)12-7-10-8-15(6-5-11(10)19-12)13(17)18-14(2,3)4/h7H,5-6,8H2,1-4H3. The first-order valence-corrected chi connectivity index (χ1v) is 7.18. The number of amides is 1. The quantitative estimate of drug-likeness (QED) is 0.742. The van der Waals surface area contributed by atoms with Crippen LogP contribution in [0.5, 0.6) is 0 Å². The molecule has 0 aromatic carbocycles. The second-order valence-corrected chi connectivity index (χ2v) is 6.90. The fraction of sp³-hybridized carbons (Fsp3) is 0.571. The van der Waals surface area contributed by atoms with Crippen LogP contribution in [0.4, 0.5) is 4.79 Å². The summed E-state index contributed by atoms with van der Waals surface area (Å²) in [5.74, 6) is 0.0863. The molecular formula is C14H19NO3S. The summed E-state index contributed by atoms with van der Waals surface area (Å²) in [5.41, 5.74) is 0.601. The molecule has 0 aliphatic carbocycles. The van der Waals surface area contributed by atoms with Crippen molar-refractivity contribution in [2.45, 2.75) is 46.3 Å². The Bertz CT molecular complexity index is 513. The topological polar surface area (TPSA) is 46.6 Å². The number of nitrogens with zero attached hydrogens (tertiary/aromatic N) is 1. The van der Waals surface area contributed by atoms with E-state index in [4.69, 9.17) is 4.74 Å². The van der Waals surface area contributed by atoms with Crippen molar-refractivity contribution in [2.24, 2.45) is 0 Å². The molecule has 1 aromatic rings. The van der Waals surface area contributed by atoms with Crippen LogP contribution in [0.15, 0.2) is 6.07 Å². The van der Waals surface area contributed by atoms with E-state index in [9.17, 15) is 9.59 Å². The van der Waals surface area contributed by atoms with E-state index in [1.54, 1.807) is 23.2 Å². The summed E-state index contributed by atoms with van der Waals surface area (Å²) in [6, 6.07) is 1.90. The van der Waals surface area contributed by atoms with E-state index >= 15 is 0 Å². The van der Waals surface area contributed by atoms with Crippen LogP contribution >= 0.6 is 11.3 Å². The number of carbonyl (C=O) groups excluding carboxylic acids is 2. The van der Waals surface area contributed by atoms with Gasteiger partial charge in [0.15, 0.2) is 5.78 Å². The zero-order chi connectivity index (χ0) is 14.2. The van der Waals surface area contributed by atoms with Crippen molar-refractivity contribution in [3.8, 4) is 0 Å². The first-order chi connectivity index (χ1) is 8.76. The highest BCUT2D eigenvalue weighted by molar-refractivity contribution is 7.14. The molecule has 0 atom stereocenters. The molecule has 1 aromatic heterocycles. The third kappa shape index (κ3) is 3.35. The fourth-order valence-corrected chi connectivity index (χ4v) is 3.05. The average molecular weight is 281 g/mol. The van der Waals surface area contributed by atoms with E-state index in [-0.39, 0.29) is 11.9 Å². The van der Waals surface area contributed by atoms with Gasteiger partial charge in [0.2, 0.25) is 0 Å². The van der Waals surface area contributed by atoms with Crippen molar-refractivity contribution >= 4 is 23.2 Å². The van der Waals surface area contributed by atoms with Crippen LogP contribution in [-0.4, -0.2) is 28.9 Å². The summed E-state index contributed by atoms with van der Waals surface area (Å²) in [7, 11) is 0. The van der Waals surface area contributed by atoms with Gasteiger partial charge in [-0.25, -0.2) is 4.79 Å². The lowest BCUT2D eigenvalue weighted by Crippen LogP contribution is -2.39. The van der Waals surface area contributed by atoms with Gasteiger partial charge in [0.1, 0.15) is 5.60 Å². The van der Waals surface area contributed by atoms with E-state index in [1.807, 2.05) is 26.8 Å². The van der Waals surface area contributed by atoms with Gasteiger partial charge < -0.3 is 9.64 Å². The van der Waals surface area contributed by atoms with Crippen LogP contribution in [0.3, 0.4) is 0 Å². The molecule has 0 fully saturated rings. The average Bonchev–Trinajstić information content (AvgIpc) is 2.69. The highest BCUT2D eigenvalue weighted by Crippen LogP contribution is 2.29. The van der Waals surface area contributed by atoms with Gasteiger partial charge in [0.25, 0.3) is 0 Å². The second kappa shape index (κ2) is 4.96. The lowest BCUT2D eigenvalue weighted by atomic mass is 10.1. The Morgan fingerprint density at radius 1 is 1.37 bits per heavy atom. The van der Waals surface area contributed by atoms with Gasteiger partial charge in [-0.15, -0.1) is 11.3 Å². The number of rotatable bonds is 1. The zero-order valence-corrected chi connectivity index (χ0v) is 12.6. The molecule has 0 N–H and O–H groups in total. The molecule has 19 heavy (non-hydrogen) atoms.